The van der Waals surface area contributed by atoms with Crippen LogP contribution in [0.5, 0.6) is 0 Å². The molecule has 0 aromatic rings. The molecule has 0 heterocycles. The Morgan fingerprint density at radius 1 is 1.39 bits per heavy atom. The quantitative estimate of drug-likeness (QED) is 0.619. The average molecular weight is 259 g/mol. The molecule has 0 rings (SSSR count). The highest BCUT2D eigenvalue weighted by molar-refractivity contribution is 5.78. The molecule has 0 saturated heterocycles. The van der Waals surface area contributed by atoms with Gasteiger partial charge in [-0.15, -0.1) is 0 Å². The van der Waals surface area contributed by atoms with E-state index < -0.39 is 11.5 Å². The van der Waals surface area contributed by atoms with Crippen LogP contribution in [0, 0.1) is 5.92 Å². The topological polar surface area (TPSA) is 75.6 Å². The van der Waals surface area contributed by atoms with Crippen LogP contribution in [0.15, 0.2) is 0 Å². The molecule has 0 fully saturated rings. The van der Waals surface area contributed by atoms with Crippen molar-refractivity contribution in [3.63, 3.8) is 0 Å². The van der Waals surface area contributed by atoms with Gasteiger partial charge in [0.1, 0.15) is 0 Å². The van der Waals surface area contributed by atoms with E-state index in [1.807, 2.05) is 20.8 Å². The standard InChI is InChI=1S/C13H25NO4/c1-5-18-8-6-7-11(15)14-13(4,10(2)3)9-12(16)17/h10H,5-9H2,1-4H3,(H,14,15)(H,16,17). The summed E-state index contributed by atoms with van der Waals surface area (Å²) >= 11 is 0. The maximum atomic E-state index is 11.7. The number of carboxylic acid groups (broad SMARTS) is 1. The molecule has 0 radical (unpaired) electrons. The van der Waals surface area contributed by atoms with Gasteiger partial charge < -0.3 is 15.2 Å². The van der Waals surface area contributed by atoms with Gasteiger partial charge in [-0.25, -0.2) is 0 Å². The van der Waals surface area contributed by atoms with Crippen molar-refractivity contribution in [1.29, 1.82) is 0 Å². The van der Waals surface area contributed by atoms with Crippen molar-refractivity contribution in [3.05, 3.63) is 0 Å². The fourth-order valence-electron chi connectivity index (χ4n) is 1.57. The van der Waals surface area contributed by atoms with E-state index in [1.165, 1.54) is 0 Å². The van der Waals surface area contributed by atoms with Gasteiger partial charge in [-0.1, -0.05) is 13.8 Å². The van der Waals surface area contributed by atoms with Crippen LogP contribution in [0.2, 0.25) is 0 Å². The Balaban J connectivity index is 4.24. The van der Waals surface area contributed by atoms with E-state index in [1.54, 1.807) is 6.92 Å². The lowest BCUT2D eigenvalue weighted by molar-refractivity contribution is -0.139. The molecular weight excluding hydrogens is 234 g/mol. The number of aliphatic carboxylic acids is 1. The van der Waals surface area contributed by atoms with Gasteiger partial charge in [-0.3, -0.25) is 9.59 Å². The Morgan fingerprint density at radius 3 is 2.44 bits per heavy atom. The fraction of sp³-hybridized carbons (Fsp3) is 0.846. The minimum absolute atomic E-state index is 0.0597. The van der Waals surface area contributed by atoms with Crippen LogP contribution in [-0.2, 0) is 14.3 Å². The van der Waals surface area contributed by atoms with E-state index in [0.717, 1.165) is 0 Å². The van der Waals surface area contributed by atoms with Crippen LogP contribution in [-0.4, -0.2) is 35.7 Å². The third kappa shape index (κ3) is 6.59. The largest absolute Gasteiger partial charge is 0.481 e. The van der Waals surface area contributed by atoms with Gasteiger partial charge in [-0.2, -0.15) is 0 Å². The van der Waals surface area contributed by atoms with E-state index in [9.17, 15) is 9.59 Å². The molecule has 1 amide bonds. The average Bonchev–Trinajstić information content (AvgIpc) is 2.23. The van der Waals surface area contributed by atoms with Crippen LogP contribution in [0.1, 0.15) is 47.0 Å². The van der Waals surface area contributed by atoms with Crippen molar-refractivity contribution >= 4 is 11.9 Å². The molecule has 18 heavy (non-hydrogen) atoms. The maximum Gasteiger partial charge on any atom is 0.305 e. The van der Waals surface area contributed by atoms with Crippen molar-refractivity contribution in [2.45, 2.75) is 52.5 Å². The van der Waals surface area contributed by atoms with Gasteiger partial charge in [0.15, 0.2) is 0 Å². The van der Waals surface area contributed by atoms with Gasteiger partial charge in [0, 0.05) is 25.2 Å². The fourth-order valence-corrected chi connectivity index (χ4v) is 1.57. The van der Waals surface area contributed by atoms with Crippen molar-refractivity contribution in [1.82, 2.24) is 5.32 Å². The molecule has 0 spiro atoms. The van der Waals surface area contributed by atoms with Crippen LogP contribution in [0.4, 0.5) is 0 Å². The van der Waals surface area contributed by atoms with Gasteiger partial charge in [-0.05, 0) is 26.2 Å². The molecule has 2 N–H and O–H groups in total. The van der Waals surface area contributed by atoms with Crippen LogP contribution >= 0.6 is 0 Å². The first-order chi connectivity index (χ1) is 8.31. The molecule has 0 aromatic carbocycles. The minimum Gasteiger partial charge on any atom is -0.481 e. The second kappa shape index (κ2) is 8.08. The van der Waals surface area contributed by atoms with Crippen molar-refractivity contribution < 1.29 is 19.4 Å². The second-order valence-corrected chi connectivity index (χ2v) is 4.99. The van der Waals surface area contributed by atoms with Crippen molar-refractivity contribution in [3.8, 4) is 0 Å². The lowest BCUT2D eigenvalue weighted by atomic mass is 9.85. The summed E-state index contributed by atoms with van der Waals surface area (Å²) < 4.78 is 5.15. The van der Waals surface area contributed by atoms with Gasteiger partial charge >= 0.3 is 5.97 Å². The number of nitrogens with one attached hydrogen (secondary N) is 1. The molecular formula is C13H25NO4. The van der Waals surface area contributed by atoms with Crippen LogP contribution in [0.3, 0.4) is 0 Å². The Kier molecular flexibility index (Phi) is 7.59. The molecule has 1 unspecified atom stereocenters. The first-order valence-corrected chi connectivity index (χ1v) is 6.42. The summed E-state index contributed by atoms with van der Waals surface area (Å²) in [5.74, 6) is -0.961. The smallest absolute Gasteiger partial charge is 0.305 e. The van der Waals surface area contributed by atoms with E-state index in [0.29, 0.717) is 26.1 Å². The lowest BCUT2D eigenvalue weighted by Gasteiger charge is -2.33. The highest BCUT2D eigenvalue weighted by Gasteiger charge is 2.32. The zero-order chi connectivity index (χ0) is 14.2. The van der Waals surface area contributed by atoms with E-state index in [4.69, 9.17) is 9.84 Å². The highest BCUT2D eigenvalue weighted by atomic mass is 16.5. The molecule has 1 atom stereocenters. The lowest BCUT2D eigenvalue weighted by Crippen LogP contribution is -2.51. The molecule has 106 valence electrons. The summed E-state index contributed by atoms with van der Waals surface area (Å²) in [7, 11) is 0. The first-order valence-electron chi connectivity index (χ1n) is 6.42. The minimum atomic E-state index is -0.902. The Morgan fingerprint density at radius 2 is 2.00 bits per heavy atom. The molecule has 0 aliphatic heterocycles. The molecule has 0 bridgehead atoms. The molecule has 5 nitrogen and oxygen atoms in total. The third-order valence-electron chi connectivity index (χ3n) is 3.11. The molecule has 5 heteroatoms. The number of hydrogen-bond acceptors (Lipinski definition) is 3. The molecule has 0 aliphatic rings. The zero-order valence-corrected chi connectivity index (χ0v) is 11.8. The van der Waals surface area contributed by atoms with E-state index >= 15 is 0 Å². The number of carboxylic acids is 1. The molecule has 0 saturated carbocycles. The van der Waals surface area contributed by atoms with E-state index in [-0.39, 0.29) is 18.2 Å². The normalized spacial score (nSPS) is 14.3. The third-order valence-corrected chi connectivity index (χ3v) is 3.11. The zero-order valence-electron chi connectivity index (χ0n) is 11.8. The Hall–Kier alpha value is -1.10. The van der Waals surface area contributed by atoms with Gasteiger partial charge in [0.05, 0.1) is 6.42 Å². The maximum absolute atomic E-state index is 11.7. The Labute approximate surface area is 109 Å². The Bertz CT molecular complexity index is 278. The van der Waals surface area contributed by atoms with Gasteiger partial charge in [0.2, 0.25) is 5.91 Å². The summed E-state index contributed by atoms with van der Waals surface area (Å²) in [6, 6.07) is 0. The van der Waals surface area contributed by atoms with E-state index in [2.05, 4.69) is 5.32 Å². The predicted octanol–water partition coefficient (Wildman–Crippen LogP) is 1.81. The van der Waals surface area contributed by atoms with Gasteiger partial charge in [0.25, 0.3) is 0 Å². The molecule has 0 aliphatic carbocycles. The summed E-state index contributed by atoms with van der Waals surface area (Å²) in [5.41, 5.74) is -0.700. The summed E-state index contributed by atoms with van der Waals surface area (Å²) in [6.07, 6.45) is 0.949. The predicted molar refractivity (Wildman–Crippen MR) is 69.4 cm³/mol. The summed E-state index contributed by atoms with van der Waals surface area (Å²) in [5, 5.41) is 11.7. The molecule has 0 aromatic heterocycles. The number of hydrogen-bond donors (Lipinski definition) is 2. The number of carbonyl (C=O) groups is 2. The number of rotatable bonds is 9. The summed E-state index contributed by atoms with van der Waals surface area (Å²) in [4.78, 5) is 22.6. The summed E-state index contributed by atoms with van der Waals surface area (Å²) in [6.45, 7) is 8.69. The highest BCUT2D eigenvalue weighted by Crippen LogP contribution is 2.21. The number of ether oxygens (including phenoxy) is 1. The first kappa shape index (κ1) is 16.9. The second-order valence-electron chi connectivity index (χ2n) is 4.99. The number of amides is 1. The number of carbonyl (C=O) groups excluding carboxylic acids is 1. The van der Waals surface area contributed by atoms with Crippen LogP contribution < -0.4 is 5.32 Å². The SMILES string of the molecule is CCOCCCC(=O)NC(C)(CC(=O)O)C(C)C. The van der Waals surface area contributed by atoms with Crippen molar-refractivity contribution in [2.24, 2.45) is 5.92 Å². The van der Waals surface area contributed by atoms with Crippen LogP contribution in [0.25, 0.3) is 0 Å². The van der Waals surface area contributed by atoms with Crippen molar-refractivity contribution in [2.75, 3.05) is 13.2 Å². The monoisotopic (exact) mass is 259 g/mol.